The van der Waals surface area contributed by atoms with Gasteiger partial charge < -0.3 is 4.74 Å². The minimum atomic E-state index is -4.64. The van der Waals surface area contributed by atoms with Gasteiger partial charge in [0.1, 0.15) is 17.8 Å². The molecule has 2 heterocycles. The number of rotatable bonds is 3. The Morgan fingerprint density at radius 3 is 2.56 bits per heavy atom. The number of carbonyl (C=O) groups excluding carboxylic acids is 1. The number of pyridine rings is 1. The SMILES string of the molecule is CC(C)(C)OC(=O)N(CC(F)(F)F)c1cn(-c2cccnc2)nc1Cl. The molecule has 0 radical (unpaired) electrons. The number of nitrogens with zero attached hydrogens (tertiary/aromatic N) is 4. The number of carbonyl (C=O) groups is 1. The monoisotopic (exact) mass is 376 g/mol. The minimum absolute atomic E-state index is 0.211. The Morgan fingerprint density at radius 1 is 1.36 bits per heavy atom. The standard InChI is InChI=1S/C15H16ClF3N4O2/c1-14(2,3)25-13(24)22(9-15(17,18)19)11-8-23(21-12(11)16)10-5-4-6-20-7-10/h4-8H,9H2,1-3H3. The van der Waals surface area contributed by atoms with E-state index < -0.39 is 24.4 Å². The molecule has 136 valence electrons. The van der Waals surface area contributed by atoms with E-state index in [0.29, 0.717) is 10.6 Å². The van der Waals surface area contributed by atoms with Crippen molar-refractivity contribution in [1.82, 2.24) is 14.8 Å². The first-order chi connectivity index (χ1) is 11.5. The van der Waals surface area contributed by atoms with Crippen LogP contribution in [0.1, 0.15) is 20.8 Å². The highest BCUT2D eigenvalue weighted by atomic mass is 35.5. The molecule has 0 N–H and O–H groups in total. The third-order valence-electron chi connectivity index (χ3n) is 2.80. The van der Waals surface area contributed by atoms with Gasteiger partial charge in [-0.25, -0.2) is 9.48 Å². The highest BCUT2D eigenvalue weighted by Gasteiger charge is 2.37. The van der Waals surface area contributed by atoms with E-state index in [4.69, 9.17) is 16.3 Å². The second kappa shape index (κ2) is 6.91. The lowest BCUT2D eigenvalue weighted by atomic mass is 10.2. The van der Waals surface area contributed by atoms with Gasteiger partial charge in [-0.1, -0.05) is 11.6 Å². The Balaban J connectivity index is 2.40. The van der Waals surface area contributed by atoms with Gasteiger partial charge in [-0.15, -0.1) is 0 Å². The Hall–Kier alpha value is -2.29. The first kappa shape index (κ1) is 19.0. The maximum absolute atomic E-state index is 12.9. The molecular weight excluding hydrogens is 361 g/mol. The van der Waals surface area contributed by atoms with Crippen LogP contribution in [0.5, 0.6) is 0 Å². The molecule has 2 aromatic heterocycles. The fourth-order valence-electron chi connectivity index (χ4n) is 1.89. The number of alkyl halides is 3. The predicted molar refractivity (Wildman–Crippen MR) is 86.0 cm³/mol. The summed E-state index contributed by atoms with van der Waals surface area (Å²) in [7, 11) is 0. The molecule has 0 aromatic carbocycles. The Morgan fingerprint density at radius 2 is 2.04 bits per heavy atom. The van der Waals surface area contributed by atoms with E-state index >= 15 is 0 Å². The van der Waals surface area contributed by atoms with Crippen LogP contribution in [-0.2, 0) is 4.74 Å². The highest BCUT2D eigenvalue weighted by Crippen LogP contribution is 2.30. The van der Waals surface area contributed by atoms with Crippen LogP contribution >= 0.6 is 11.6 Å². The lowest BCUT2D eigenvalue weighted by Crippen LogP contribution is -2.42. The molecule has 0 spiro atoms. The van der Waals surface area contributed by atoms with Gasteiger partial charge in [-0.05, 0) is 32.9 Å². The summed E-state index contributed by atoms with van der Waals surface area (Å²) in [5.74, 6) is 0. The average molecular weight is 377 g/mol. The van der Waals surface area contributed by atoms with Crippen molar-refractivity contribution in [3.8, 4) is 5.69 Å². The van der Waals surface area contributed by atoms with E-state index in [1.165, 1.54) is 23.3 Å². The van der Waals surface area contributed by atoms with Crippen molar-refractivity contribution >= 4 is 23.4 Å². The highest BCUT2D eigenvalue weighted by molar-refractivity contribution is 6.32. The molecule has 2 aromatic rings. The molecule has 0 bridgehead atoms. The van der Waals surface area contributed by atoms with Crippen LogP contribution in [0.4, 0.5) is 23.7 Å². The summed E-state index contributed by atoms with van der Waals surface area (Å²) in [6.07, 6.45) is -1.61. The van der Waals surface area contributed by atoms with Crippen LogP contribution in [0.2, 0.25) is 5.15 Å². The molecule has 0 aliphatic rings. The Kier molecular flexibility index (Phi) is 5.26. The van der Waals surface area contributed by atoms with Gasteiger partial charge >= 0.3 is 12.3 Å². The maximum Gasteiger partial charge on any atom is 0.415 e. The largest absolute Gasteiger partial charge is 0.443 e. The summed E-state index contributed by atoms with van der Waals surface area (Å²) < 4.78 is 45.0. The maximum atomic E-state index is 12.9. The van der Waals surface area contributed by atoms with Crippen molar-refractivity contribution in [3.63, 3.8) is 0 Å². The molecule has 0 aliphatic heterocycles. The van der Waals surface area contributed by atoms with E-state index in [1.807, 2.05) is 0 Å². The van der Waals surface area contributed by atoms with E-state index in [-0.39, 0.29) is 10.8 Å². The molecule has 0 unspecified atom stereocenters. The van der Waals surface area contributed by atoms with Crippen molar-refractivity contribution in [2.45, 2.75) is 32.5 Å². The van der Waals surface area contributed by atoms with Crippen LogP contribution in [0.25, 0.3) is 5.69 Å². The number of hydrogen-bond donors (Lipinski definition) is 0. The van der Waals surface area contributed by atoms with Gasteiger partial charge in [0.25, 0.3) is 0 Å². The molecule has 0 fully saturated rings. The second-order valence-electron chi connectivity index (χ2n) is 6.14. The van der Waals surface area contributed by atoms with Gasteiger partial charge in [0.2, 0.25) is 0 Å². The molecule has 0 atom stereocenters. The van der Waals surface area contributed by atoms with Crippen LogP contribution < -0.4 is 4.90 Å². The third kappa shape index (κ3) is 5.35. The Bertz CT molecular complexity index is 741. The lowest BCUT2D eigenvalue weighted by molar-refractivity contribution is -0.119. The fraction of sp³-hybridized carbons (Fsp3) is 0.400. The van der Waals surface area contributed by atoms with Gasteiger partial charge in [0, 0.05) is 6.20 Å². The van der Waals surface area contributed by atoms with Crippen molar-refractivity contribution < 1.29 is 22.7 Å². The second-order valence-corrected chi connectivity index (χ2v) is 6.50. The minimum Gasteiger partial charge on any atom is -0.443 e. The Labute approximate surface area is 147 Å². The molecule has 0 saturated heterocycles. The van der Waals surface area contributed by atoms with Gasteiger partial charge in [-0.3, -0.25) is 9.88 Å². The first-order valence-electron chi connectivity index (χ1n) is 7.19. The van der Waals surface area contributed by atoms with Gasteiger partial charge in [-0.2, -0.15) is 18.3 Å². The number of hydrogen-bond acceptors (Lipinski definition) is 4. The summed E-state index contributed by atoms with van der Waals surface area (Å²) >= 11 is 5.96. The quantitative estimate of drug-likeness (QED) is 0.804. The number of halogens is 4. The summed E-state index contributed by atoms with van der Waals surface area (Å²) in [6.45, 7) is 3.10. The topological polar surface area (TPSA) is 60.2 Å². The molecule has 2 rings (SSSR count). The average Bonchev–Trinajstić information content (AvgIpc) is 2.85. The fourth-order valence-corrected chi connectivity index (χ4v) is 2.12. The van der Waals surface area contributed by atoms with Crippen molar-refractivity contribution in [3.05, 3.63) is 35.9 Å². The van der Waals surface area contributed by atoms with E-state index in [0.717, 1.165) is 0 Å². The molecule has 0 saturated carbocycles. The van der Waals surface area contributed by atoms with Crippen molar-refractivity contribution in [2.75, 3.05) is 11.4 Å². The molecule has 25 heavy (non-hydrogen) atoms. The molecular formula is C15H16ClF3N4O2. The zero-order valence-electron chi connectivity index (χ0n) is 13.7. The van der Waals surface area contributed by atoms with Crippen LogP contribution in [0.15, 0.2) is 30.7 Å². The molecule has 0 aliphatic carbocycles. The van der Waals surface area contributed by atoms with Crippen LogP contribution in [0, 0.1) is 0 Å². The predicted octanol–water partition coefficient (Wildman–Crippen LogP) is 4.22. The first-order valence-corrected chi connectivity index (χ1v) is 7.57. The number of anilines is 1. The summed E-state index contributed by atoms with van der Waals surface area (Å²) in [5.41, 5.74) is -0.698. The lowest BCUT2D eigenvalue weighted by Gasteiger charge is -2.27. The van der Waals surface area contributed by atoms with Crippen LogP contribution in [0.3, 0.4) is 0 Å². The molecule has 6 nitrogen and oxygen atoms in total. The van der Waals surface area contributed by atoms with E-state index in [2.05, 4.69) is 10.1 Å². The summed E-state index contributed by atoms with van der Waals surface area (Å²) in [5, 5.41) is 3.67. The van der Waals surface area contributed by atoms with Gasteiger partial charge in [0.15, 0.2) is 5.15 Å². The zero-order valence-corrected chi connectivity index (χ0v) is 14.5. The third-order valence-corrected chi connectivity index (χ3v) is 3.07. The van der Waals surface area contributed by atoms with E-state index in [1.54, 1.807) is 32.9 Å². The zero-order chi connectivity index (χ0) is 18.8. The molecule has 1 amide bonds. The van der Waals surface area contributed by atoms with Gasteiger partial charge in [0.05, 0.1) is 18.1 Å². The van der Waals surface area contributed by atoms with Crippen molar-refractivity contribution in [2.24, 2.45) is 0 Å². The number of amides is 1. The summed E-state index contributed by atoms with van der Waals surface area (Å²) in [6, 6.07) is 3.27. The smallest absolute Gasteiger partial charge is 0.415 e. The van der Waals surface area contributed by atoms with Crippen molar-refractivity contribution in [1.29, 1.82) is 0 Å². The molecule has 10 heteroatoms. The van der Waals surface area contributed by atoms with E-state index in [9.17, 15) is 18.0 Å². The number of ether oxygens (including phenoxy) is 1. The summed E-state index contributed by atoms with van der Waals surface area (Å²) in [4.78, 5) is 16.5. The van der Waals surface area contributed by atoms with Crippen LogP contribution in [-0.4, -0.2) is 39.2 Å². The number of aromatic nitrogens is 3. The normalized spacial score (nSPS) is 12.1.